The number of nitrogens with zero attached hydrogens (tertiary/aromatic N) is 3. The minimum Gasteiger partial charge on any atom is -0.497 e. The first-order valence-electron chi connectivity index (χ1n) is 8.35. The van der Waals surface area contributed by atoms with Crippen molar-refractivity contribution in [3.05, 3.63) is 30.1 Å². The number of hydrogen-bond donors (Lipinski definition) is 1. The van der Waals surface area contributed by atoms with Gasteiger partial charge in [-0.1, -0.05) is 11.8 Å². The van der Waals surface area contributed by atoms with E-state index in [-0.39, 0.29) is 0 Å². The molecule has 0 amide bonds. The van der Waals surface area contributed by atoms with Crippen LogP contribution >= 0.6 is 11.8 Å². The van der Waals surface area contributed by atoms with Gasteiger partial charge in [0.2, 0.25) is 0 Å². The summed E-state index contributed by atoms with van der Waals surface area (Å²) in [5.41, 5.74) is 6.75. The van der Waals surface area contributed by atoms with Gasteiger partial charge < -0.3 is 15.2 Å². The van der Waals surface area contributed by atoms with Gasteiger partial charge in [0.25, 0.3) is 0 Å². The fraction of sp³-hybridized carbons (Fsp3) is 0.529. The van der Waals surface area contributed by atoms with Crippen LogP contribution in [0.4, 0.5) is 0 Å². The van der Waals surface area contributed by atoms with Gasteiger partial charge in [-0.25, -0.2) is 0 Å². The monoisotopic (exact) mass is 348 g/mol. The lowest BCUT2D eigenvalue weighted by molar-refractivity contribution is 0.0315. The van der Waals surface area contributed by atoms with E-state index in [0.717, 1.165) is 41.2 Å². The summed E-state index contributed by atoms with van der Waals surface area (Å²) in [4.78, 5) is 0. The van der Waals surface area contributed by atoms with Gasteiger partial charge in [-0.15, -0.1) is 10.2 Å². The van der Waals surface area contributed by atoms with Crippen LogP contribution in [0.15, 0.2) is 29.4 Å². The van der Waals surface area contributed by atoms with Crippen molar-refractivity contribution in [1.29, 1.82) is 0 Å². The third-order valence-corrected chi connectivity index (χ3v) is 5.13. The number of aromatic nitrogens is 3. The number of hydrogen-bond acceptors (Lipinski definition) is 6. The first-order valence-corrected chi connectivity index (χ1v) is 9.33. The maximum absolute atomic E-state index is 5.82. The summed E-state index contributed by atoms with van der Waals surface area (Å²) < 4.78 is 13.1. The lowest BCUT2D eigenvalue weighted by atomic mass is 10.1. The van der Waals surface area contributed by atoms with Gasteiger partial charge in [0.1, 0.15) is 11.6 Å². The van der Waals surface area contributed by atoms with Crippen molar-refractivity contribution in [3.8, 4) is 11.4 Å². The van der Waals surface area contributed by atoms with Crippen LogP contribution in [0.1, 0.15) is 25.1 Å². The molecule has 0 aliphatic carbocycles. The van der Waals surface area contributed by atoms with E-state index in [1.54, 1.807) is 18.9 Å². The molecule has 1 aliphatic rings. The predicted octanol–water partition coefficient (Wildman–Crippen LogP) is 2.44. The molecule has 0 bridgehead atoms. The third-order valence-electron chi connectivity index (χ3n) is 4.07. The second-order valence-corrected chi connectivity index (χ2v) is 6.76. The molecule has 130 valence electrons. The second-order valence-electron chi connectivity index (χ2n) is 5.77. The summed E-state index contributed by atoms with van der Waals surface area (Å²) in [5, 5.41) is 9.59. The largest absolute Gasteiger partial charge is 0.497 e. The van der Waals surface area contributed by atoms with E-state index < -0.39 is 0 Å². The van der Waals surface area contributed by atoms with Gasteiger partial charge in [0, 0.05) is 24.5 Å². The normalized spacial score (nSPS) is 17.8. The van der Waals surface area contributed by atoms with Crippen LogP contribution in [-0.2, 0) is 11.2 Å². The van der Waals surface area contributed by atoms with E-state index in [4.69, 9.17) is 15.2 Å². The zero-order chi connectivity index (χ0) is 16.8. The molecule has 0 unspecified atom stereocenters. The SMILES string of the molecule is COc1ccc(-n2c(CCN)nnc2SC[C@H]2CCCCO2)cc1. The fourth-order valence-electron chi connectivity index (χ4n) is 2.78. The maximum atomic E-state index is 5.82. The van der Waals surface area contributed by atoms with Crippen molar-refractivity contribution < 1.29 is 9.47 Å². The Labute approximate surface area is 146 Å². The van der Waals surface area contributed by atoms with Crippen LogP contribution < -0.4 is 10.5 Å². The molecule has 1 atom stereocenters. The number of benzene rings is 1. The Hall–Kier alpha value is -1.57. The highest BCUT2D eigenvalue weighted by Gasteiger charge is 2.18. The topological polar surface area (TPSA) is 75.2 Å². The van der Waals surface area contributed by atoms with Crippen molar-refractivity contribution >= 4 is 11.8 Å². The summed E-state index contributed by atoms with van der Waals surface area (Å²) in [6.45, 7) is 1.42. The van der Waals surface area contributed by atoms with E-state index in [1.807, 2.05) is 24.3 Å². The maximum Gasteiger partial charge on any atom is 0.195 e. The van der Waals surface area contributed by atoms with Crippen LogP contribution in [0, 0.1) is 0 Å². The molecule has 3 rings (SSSR count). The van der Waals surface area contributed by atoms with Gasteiger partial charge in [-0.05, 0) is 50.1 Å². The van der Waals surface area contributed by atoms with E-state index in [1.165, 1.54) is 12.8 Å². The van der Waals surface area contributed by atoms with E-state index in [2.05, 4.69) is 14.8 Å². The van der Waals surface area contributed by atoms with Gasteiger partial charge >= 0.3 is 0 Å². The Balaban J connectivity index is 1.80. The van der Waals surface area contributed by atoms with Gasteiger partial charge in [-0.2, -0.15) is 0 Å². The quantitative estimate of drug-likeness (QED) is 0.775. The summed E-state index contributed by atoms with van der Waals surface area (Å²) in [7, 11) is 1.67. The summed E-state index contributed by atoms with van der Waals surface area (Å²) in [6, 6.07) is 7.92. The Morgan fingerprint density at radius 3 is 2.79 bits per heavy atom. The van der Waals surface area contributed by atoms with Crippen molar-refractivity contribution in [2.24, 2.45) is 5.73 Å². The highest BCUT2D eigenvalue weighted by Crippen LogP contribution is 2.26. The van der Waals surface area contributed by atoms with E-state index in [9.17, 15) is 0 Å². The molecule has 1 fully saturated rings. The third kappa shape index (κ3) is 4.09. The van der Waals surface area contributed by atoms with Gasteiger partial charge in [0.05, 0.1) is 13.2 Å². The van der Waals surface area contributed by atoms with Crippen molar-refractivity contribution in [2.75, 3.05) is 26.0 Å². The Bertz CT molecular complexity index is 639. The average molecular weight is 348 g/mol. The second kappa shape index (κ2) is 8.50. The lowest BCUT2D eigenvalue weighted by Gasteiger charge is -2.22. The zero-order valence-corrected chi connectivity index (χ0v) is 14.8. The first kappa shape index (κ1) is 17.3. The molecule has 0 saturated carbocycles. The minimum atomic E-state index is 0.308. The molecular weight excluding hydrogens is 324 g/mol. The Kier molecular flexibility index (Phi) is 6.12. The summed E-state index contributed by atoms with van der Waals surface area (Å²) in [6.07, 6.45) is 4.54. The van der Waals surface area contributed by atoms with Gasteiger partial charge in [-0.3, -0.25) is 4.57 Å². The molecule has 2 heterocycles. The van der Waals surface area contributed by atoms with E-state index >= 15 is 0 Å². The lowest BCUT2D eigenvalue weighted by Crippen LogP contribution is -2.21. The number of ether oxygens (including phenoxy) is 2. The molecule has 1 aromatic heterocycles. The van der Waals surface area contributed by atoms with Crippen molar-refractivity contribution in [2.45, 2.75) is 36.9 Å². The molecule has 24 heavy (non-hydrogen) atoms. The van der Waals surface area contributed by atoms with Crippen LogP contribution in [-0.4, -0.2) is 46.9 Å². The molecular formula is C17H24N4O2S. The molecule has 7 heteroatoms. The number of thioether (sulfide) groups is 1. The van der Waals surface area contributed by atoms with Crippen LogP contribution in [0.3, 0.4) is 0 Å². The average Bonchev–Trinajstić information content (AvgIpc) is 3.04. The molecule has 1 aromatic carbocycles. The smallest absolute Gasteiger partial charge is 0.195 e. The van der Waals surface area contributed by atoms with Crippen LogP contribution in [0.2, 0.25) is 0 Å². The Morgan fingerprint density at radius 1 is 1.29 bits per heavy atom. The summed E-state index contributed by atoms with van der Waals surface area (Å²) >= 11 is 1.70. The van der Waals surface area contributed by atoms with Crippen molar-refractivity contribution in [3.63, 3.8) is 0 Å². The molecule has 0 spiro atoms. The number of rotatable bonds is 7. The minimum absolute atomic E-state index is 0.308. The van der Waals surface area contributed by atoms with Crippen LogP contribution in [0.5, 0.6) is 5.75 Å². The molecule has 6 nitrogen and oxygen atoms in total. The highest BCUT2D eigenvalue weighted by molar-refractivity contribution is 7.99. The Morgan fingerprint density at radius 2 is 2.12 bits per heavy atom. The van der Waals surface area contributed by atoms with Crippen molar-refractivity contribution in [1.82, 2.24) is 14.8 Å². The fourth-order valence-corrected chi connectivity index (χ4v) is 3.82. The van der Waals surface area contributed by atoms with Crippen LogP contribution in [0.25, 0.3) is 5.69 Å². The predicted molar refractivity (Wildman–Crippen MR) is 95.0 cm³/mol. The molecule has 1 aliphatic heterocycles. The molecule has 0 radical (unpaired) electrons. The molecule has 2 aromatic rings. The molecule has 1 saturated heterocycles. The zero-order valence-electron chi connectivity index (χ0n) is 14.0. The standard InChI is InChI=1S/C17H24N4O2S/c1-22-14-7-5-13(6-8-14)21-16(9-10-18)19-20-17(21)24-12-15-4-2-3-11-23-15/h5-8,15H,2-4,9-12,18H2,1H3/t15-/m1/s1. The number of nitrogens with two attached hydrogens (primary N) is 1. The number of methoxy groups -OCH3 is 1. The van der Waals surface area contributed by atoms with E-state index in [0.29, 0.717) is 19.1 Å². The van der Waals surface area contributed by atoms with Gasteiger partial charge in [0.15, 0.2) is 5.16 Å². The first-order chi connectivity index (χ1) is 11.8. The highest BCUT2D eigenvalue weighted by atomic mass is 32.2. The molecule has 2 N–H and O–H groups in total. The summed E-state index contributed by atoms with van der Waals surface area (Å²) in [5.74, 6) is 2.61.